The number of ether oxygens (including phenoxy) is 1. The van der Waals surface area contributed by atoms with Crippen molar-refractivity contribution >= 4 is 5.97 Å². The molecule has 0 radical (unpaired) electrons. The van der Waals surface area contributed by atoms with Crippen molar-refractivity contribution in [2.45, 2.75) is 70.6 Å². The zero-order valence-electron chi connectivity index (χ0n) is 11.0. The third-order valence-corrected chi connectivity index (χ3v) is 3.20. The molecule has 0 saturated carbocycles. The second kappa shape index (κ2) is 10.4. The van der Waals surface area contributed by atoms with Crippen molar-refractivity contribution in [2.75, 3.05) is 6.61 Å². The summed E-state index contributed by atoms with van der Waals surface area (Å²) in [5, 5.41) is 0. The molecule has 0 atom stereocenters. The normalized spacial score (nSPS) is 23.9. The van der Waals surface area contributed by atoms with E-state index in [-0.39, 0.29) is 5.97 Å². The average molecular weight is 238 g/mol. The molecule has 0 aromatic rings. The minimum Gasteiger partial charge on any atom is -0.466 e. The van der Waals surface area contributed by atoms with Crippen LogP contribution in [0, 0.1) is 0 Å². The SMILES string of the molecule is O=C1CCC/C=C\CCCCCCCCCO1. The van der Waals surface area contributed by atoms with Gasteiger partial charge in [-0.3, -0.25) is 4.79 Å². The number of hydrogen-bond acceptors (Lipinski definition) is 2. The van der Waals surface area contributed by atoms with Gasteiger partial charge in [0.05, 0.1) is 6.61 Å². The number of cyclic esters (lactones) is 1. The predicted molar refractivity (Wildman–Crippen MR) is 70.9 cm³/mol. The first-order valence-corrected chi connectivity index (χ1v) is 7.20. The van der Waals surface area contributed by atoms with E-state index in [4.69, 9.17) is 4.74 Å². The second-order valence-corrected chi connectivity index (χ2v) is 4.85. The Hall–Kier alpha value is -0.790. The van der Waals surface area contributed by atoms with Gasteiger partial charge >= 0.3 is 5.97 Å². The first-order valence-electron chi connectivity index (χ1n) is 7.20. The highest BCUT2D eigenvalue weighted by Crippen LogP contribution is 2.10. The van der Waals surface area contributed by atoms with E-state index >= 15 is 0 Å². The van der Waals surface area contributed by atoms with Crippen LogP contribution in [0.5, 0.6) is 0 Å². The van der Waals surface area contributed by atoms with Crippen LogP contribution in [0.3, 0.4) is 0 Å². The molecule has 0 bridgehead atoms. The van der Waals surface area contributed by atoms with E-state index in [0.29, 0.717) is 13.0 Å². The number of allylic oxidation sites excluding steroid dienone is 2. The molecule has 1 aliphatic heterocycles. The fourth-order valence-electron chi connectivity index (χ4n) is 2.11. The fraction of sp³-hybridized carbons (Fsp3) is 0.800. The van der Waals surface area contributed by atoms with Gasteiger partial charge in [0, 0.05) is 6.42 Å². The van der Waals surface area contributed by atoms with Gasteiger partial charge in [-0.25, -0.2) is 0 Å². The molecule has 0 saturated heterocycles. The summed E-state index contributed by atoms with van der Waals surface area (Å²) >= 11 is 0. The quantitative estimate of drug-likeness (QED) is 0.462. The molecular weight excluding hydrogens is 212 g/mol. The van der Waals surface area contributed by atoms with Gasteiger partial charge in [0.2, 0.25) is 0 Å². The minimum atomic E-state index is -0.0227. The molecule has 98 valence electrons. The summed E-state index contributed by atoms with van der Waals surface area (Å²) < 4.78 is 5.18. The molecule has 2 heteroatoms. The van der Waals surface area contributed by atoms with Crippen molar-refractivity contribution < 1.29 is 9.53 Å². The van der Waals surface area contributed by atoms with Gasteiger partial charge in [-0.2, -0.15) is 0 Å². The molecule has 1 rings (SSSR count). The predicted octanol–water partition coefficient (Wildman–Crippen LogP) is 4.39. The van der Waals surface area contributed by atoms with E-state index in [0.717, 1.165) is 19.3 Å². The molecule has 0 spiro atoms. The van der Waals surface area contributed by atoms with Crippen LogP contribution >= 0.6 is 0 Å². The average Bonchev–Trinajstić information content (AvgIpc) is 2.32. The summed E-state index contributed by atoms with van der Waals surface area (Å²) in [6.45, 7) is 0.620. The van der Waals surface area contributed by atoms with Crippen LogP contribution in [0.1, 0.15) is 70.6 Å². The maximum atomic E-state index is 11.3. The van der Waals surface area contributed by atoms with E-state index in [1.165, 1.54) is 44.9 Å². The van der Waals surface area contributed by atoms with Gasteiger partial charge in [0.25, 0.3) is 0 Å². The third-order valence-electron chi connectivity index (χ3n) is 3.20. The molecule has 0 N–H and O–H groups in total. The van der Waals surface area contributed by atoms with Crippen LogP contribution in [0.25, 0.3) is 0 Å². The molecule has 0 amide bonds. The summed E-state index contributed by atoms with van der Waals surface area (Å²) in [7, 11) is 0. The number of carbonyl (C=O) groups is 1. The number of hydrogen-bond donors (Lipinski definition) is 0. The van der Waals surface area contributed by atoms with Crippen LogP contribution < -0.4 is 0 Å². The number of carbonyl (C=O) groups excluding carboxylic acids is 1. The molecule has 17 heavy (non-hydrogen) atoms. The van der Waals surface area contributed by atoms with E-state index in [2.05, 4.69) is 12.2 Å². The maximum Gasteiger partial charge on any atom is 0.305 e. The molecule has 1 aliphatic rings. The number of esters is 1. The first kappa shape index (κ1) is 14.3. The topological polar surface area (TPSA) is 26.3 Å². The van der Waals surface area contributed by atoms with Crippen molar-refractivity contribution in [1.29, 1.82) is 0 Å². The van der Waals surface area contributed by atoms with Crippen molar-refractivity contribution in [3.63, 3.8) is 0 Å². The lowest BCUT2D eigenvalue weighted by Gasteiger charge is -2.05. The van der Waals surface area contributed by atoms with Crippen molar-refractivity contribution in [1.82, 2.24) is 0 Å². The molecule has 0 aromatic heterocycles. The van der Waals surface area contributed by atoms with Gasteiger partial charge in [-0.05, 0) is 32.1 Å². The Balaban J connectivity index is 2.19. The van der Waals surface area contributed by atoms with E-state index in [1.54, 1.807) is 0 Å². The van der Waals surface area contributed by atoms with Crippen molar-refractivity contribution in [3.05, 3.63) is 12.2 Å². The third kappa shape index (κ3) is 8.96. The molecule has 2 nitrogen and oxygen atoms in total. The van der Waals surface area contributed by atoms with Gasteiger partial charge in [0.15, 0.2) is 0 Å². The molecule has 0 fully saturated rings. The zero-order chi connectivity index (χ0) is 12.2. The zero-order valence-corrected chi connectivity index (χ0v) is 11.0. The Labute approximate surface area is 105 Å². The summed E-state index contributed by atoms with van der Waals surface area (Å²) in [6, 6.07) is 0. The Kier molecular flexibility index (Phi) is 8.71. The van der Waals surface area contributed by atoms with E-state index < -0.39 is 0 Å². The summed E-state index contributed by atoms with van der Waals surface area (Å²) in [4.78, 5) is 11.3. The highest BCUT2D eigenvalue weighted by molar-refractivity contribution is 5.69. The van der Waals surface area contributed by atoms with Crippen LogP contribution in [0.2, 0.25) is 0 Å². The summed E-state index contributed by atoms with van der Waals surface area (Å²) in [6.07, 6.45) is 17.1. The summed E-state index contributed by atoms with van der Waals surface area (Å²) in [5.41, 5.74) is 0. The largest absolute Gasteiger partial charge is 0.466 e. The lowest BCUT2D eigenvalue weighted by molar-refractivity contribution is -0.143. The van der Waals surface area contributed by atoms with Gasteiger partial charge < -0.3 is 4.74 Å². The van der Waals surface area contributed by atoms with Gasteiger partial charge in [0.1, 0.15) is 0 Å². The lowest BCUT2D eigenvalue weighted by Crippen LogP contribution is -2.05. The lowest BCUT2D eigenvalue weighted by atomic mass is 10.1. The molecule has 1 heterocycles. The maximum absolute atomic E-state index is 11.3. The van der Waals surface area contributed by atoms with Crippen LogP contribution in [0.15, 0.2) is 12.2 Å². The van der Waals surface area contributed by atoms with Crippen molar-refractivity contribution in [2.24, 2.45) is 0 Å². The highest BCUT2D eigenvalue weighted by atomic mass is 16.5. The standard InChI is InChI=1S/C15H26O2/c16-15-13-11-9-7-5-3-1-2-4-6-8-10-12-14-17-15/h5,7H,1-4,6,8-14H2/b7-5-. The first-order chi connectivity index (χ1) is 8.39. The smallest absolute Gasteiger partial charge is 0.305 e. The van der Waals surface area contributed by atoms with Gasteiger partial charge in [-0.15, -0.1) is 0 Å². The Morgan fingerprint density at radius 2 is 1.35 bits per heavy atom. The monoisotopic (exact) mass is 238 g/mol. The number of rotatable bonds is 0. The Morgan fingerprint density at radius 1 is 0.765 bits per heavy atom. The molecule has 0 unspecified atom stereocenters. The van der Waals surface area contributed by atoms with E-state index in [1.807, 2.05) is 0 Å². The minimum absolute atomic E-state index is 0.0227. The summed E-state index contributed by atoms with van der Waals surface area (Å²) in [5.74, 6) is -0.0227. The van der Waals surface area contributed by atoms with Crippen molar-refractivity contribution in [3.8, 4) is 0 Å². The van der Waals surface area contributed by atoms with Crippen LogP contribution in [-0.2, 0) is 9.53 Å². The van der Waals surface area contributed by atoms with Crippen LogP contribution in [0.4, 0.5) is 0 Å². The Morgan fingerprint density at radius 3 is 2.12 bits per heavy atom. The molecular formula is C15H26O2. The molecule has 0 aromatic carbocycles. The van der Waals surface area contributed by atoms with Gasteiger partial charge in [-0.1, -0.05) is 44.3 Å². The Bertz CT molecular complexity index is 221. The van der Waals surface area contributed by atoms with Crippen LogP contribution in [-0.4, -0.2) is 12.6 Å². The second-order valence-electron chi connectivity index (χ2n) is 4.85. The highest BCUT2D eigenvalue weighted by Gasteiger charge is 2.01. The van der Waals surface area contributed by atoms with E-state index in [9.17, 15) is 4.79 Å². The fourth-order valence-corrected chi connectivity index (χ4v) is 2.11. The molecule has 0 aliphatic carbocycles.